The molecule has 0 unspecified atom stereocenters. The third-order valence-corrected chi connectivity index (χ3v) is 3.28. The Balaban J connectivity index is 2.97. The van der Waals surface area contributed by atoms with Crippen LogP contribution in [-0.2, 0) is 0 Å². The second-order valence-electron chi connectivity index (χ2n) is 5.42. The van der Waals surface area contributed by atoms with Gasteiger partial charge in [0.1, 0.15) is 0 Å². The van der Waals surface area contributed by atoms with Crippen molar-refractivity contribution in [2.75, 3.05) is 0 Å². The molecule has 1 N–H and O–H groups in total. The van der Waals surface area contributed by atoms with Crippen LogP contribution in [0.15, 0.2) is 0 Å². The maximum atomic E-state index is 11.0. The van der Waals surface area contributed by atoms with Crippen LogP contribution in [0, 0.1) is 10.1 Å². The molecule has 0 amide bonds. The number of rotatable bonds is 1. The standard InChI is InChI=1S/C9H17BrN2O2/c1-7(2)5-9(10,12(13)14)6-8(3,4)11-7/h11H,5-6H2,1-4H3. The summed E-state index contributed by atoms with van der Waals surface area (Å²) >= 11 is 3.27. The average molecular weight is 265 g/mol. The Labute approximate surface area is 92.7 Å². The molecule has 1 heterocycles. The Hall–Kier alpha value is -0.160. The molecule has 14 heavy (non-hydrogen) atoms. The lowest BCUT2D eigenvalue weighted by molar-refractivity contribution is -0.543. The minimum Gasteiger partial charge on any atom is -0.306 e. The number of nitrogens with one attached hydrogen (secondary N) is 1. The molecule has 0 bridgehead atoms. The van der Waals surface area contributed by atoms with E-state index in [-0.39, 0.29) is 16.0 Å². The van der Waals surface area contributed by atoms with Crippen LogP contribution in [0.5, 0.6) is 0 Å². The quantitative estimate of drug-likeness (QED) is 0.342. The lowest BCUT2D eigenvalue weighted by atomic mass is 9.80. The molecule has 0 aromatic heterocycles. The molecule has 1 aliphatic rings. The zero-order valence-corrected chi connectivity index (χ0v) is 10.6. The van der Waals surface area contributed by atoms with Crippen LogP contribution in [0.1, 0.15) is 40.5 Å². The molecule has 0 radical (unpaired) electrons. The van der Waals surface area contributed by atoms with Gasteiger partial charge in [0.05, 0.1) is 0 Å². The maximum absolute atomic E-state index is 11.0. The highest BCUT2D eigenvalue weighted by molar-refractivity contribution is 9.10. The van der Waals surface area contributed by atoms with Crippen molar-refractivity contribution < 1.29 is 4.92 Å². The van der Waals surface area contributed by atoms with Gasteiger partial charge in [-0.25, -0.2) is 0 Å². The maximum Gasteiger partial charge on any atom is 0.278 e. The molecule has 0 saturated carbocycles. The molecular weight excluding hydrogens is 248 g/mol. The van der Waals surface area contributed by atoms with Crippen molar-refractivity contribution in [1.29, 1.82) is 0 Å². The van der Waals surface area contributed by atoms with Crippen molar-refractivity contribution >= 4 is 15.9 Å². The predicted molar refractivity (Wildman–Crippen MR) is 59.2 cm³/mol. The molecule has 1 fully saturated rings. The molecule has 0 atom stereocenters. The van der Waals surface area contributed by atoms with E-state index in [0.29, 0.717) is 12.8 Å². The van der Waals surface area contributed by atoms with Gasteiger partial charge in [0.15, 0.2) is 0 Å². The Kier molecular flexibility index (Phi) is 2.69. The fourth-order valence-corrected chi connectivity index (χ4v) is 3.95. The Bertz CT molecular complexity index is 248. The van der Waals surface area contributed by atoms with Crippen molar-refractivity contribution in [2.45, 2.75) is 56.1 Å². The summed E-state index contributed by atoms with van der Waals surface area (Å²) in [5, 5.41) is 14.4. The fourth-order valence-electron chi connectivity index (χ4n) is 2.55. The minimum absolute atomic E-state index is 0.210. The lowest BCUT2D eigenvalue weighted by Crippen LogP contribution is -2.63. The first-order valence-corrected chi connectivity index (χ1v) is 5.48. The zero-order chi connectivity index (χ0) is 11.2. The minimum atomic E-state index is -0.981. The highest BCUT2D eigenvalue weighted by Gasteiger charge is 2.53. The molecule has 1 saturated heterocycles. The highest BCUT2D eigenvalue weighted by atomic mass is 79.9. The summed E-state index contributed by atoms with van der Waals surface area (Å²) in [7, 11) is 0. The van der Waals surface area contributed by atoms with Gasteiger partial charge in [-0.15, -0.1) is 0 Å². The van der Waals surface area contributed by atoms with E-state index in [9.17, 15) is 10.1 Å². The van der Waals surface area contributed by atoms with Crippen LogP contribution in [0.25, 0.3) is 0 Å². The van der Waals surface area contributed by atoms with Crippen molar-refractivity contribution in [2.24, 2.45) is 0 Å². The monoisotopic (exact) mass is 264 g/mol. The molecular formula is C9H17BrN2O2. The number of hydrogen-bond donors (Lipinski definition) is 1. The van der Waals surface area contributed by atoms with Crippen LogP contribution < -0.4 is 5.32 Å². The van der Waals surface area contributed by atoms with E-state index >= 15 is 0 Å². The average Bonchev–Trinajstić information content (AvgIpc) is 1.76. The van der Waals surface area contributed by atoms with Gasteiger partial charge >= 0.3 is 0 Å². The van der Waals surface area contributed by atoms with Crippen molar-refractivity contribution in [3.63, 3.8) is 0 Å². The summed E-state index contributed by atoms with van der Waals surface area (Å²) in [4.78, 5) is 10.8. The van der Waals surface area contributed by atoms with Gasteiger partial charge in [-0.05, 0) is 27.7 Å². The van der Waals surface area contributed by atoms with Crippen LogP contribution in [0.2, 0.25) is 0 Å². The Morgan fingerprint density at radius 3 is 1.86 bits per heavy atom. The van der Waals surface area contributed by atoms with Gasteiger partial charge in [0.2, 0.25) is 0 Å². The third kappa shape index (κ3) is 2.45. The van der Waals surface area contributed by atoms with E-state index in [2.05, 4.69) is 21.2 Å². The molecule has 0 aliphatic carbocycles. The second-order valence-corrected chi connectivity index (χ2v) is 6.90. The molecule has 1 rings (SSSR count). The van der Waals surface area contributed by atoms with Gasteiger partial charge in [-0.2, -0.15) is 0 Å². The molecule has 1 aliphatic heterocycles. The number of nitro groups is 1. The number of hydrogen-bond acceptors (Lipinski definition) is 3. The fraction of sp³-hybridized carbons (Fsp3) is 1.00. The number of alkyl halides is 1. The lowest BCUT2D eigenvalue weighted by Gasteiger charge is -2.46. The largest absolute Gasteiger partial charge is 0.306 e. The second kappa shape index (κ2) is 3.17. The normalized spacial score (nSPS) is 28.4. The number of nitrogens with zero attached hydrogens (tertiary/aromatic N) is 1. The topological polar surface area (TPSA) is 55.2 Å². The van der Waals surface area contributed by atoms with Gasteiger partial charge in [-0.1, -0.05) is 0 Å². The summed E-state index contributed by atoms with van der Waals surface area (Å²) in [5.41, 5.74) is -0.420. The number of halogens is 1. The van der Waals surface area contributed by atoms with Crippen LogP contribution in [-0.4, -0.2) is 20.4 Å². The van der Waals surface area contributed by atoms with Crippen LogP contribution >= 0.6 is 15.9 Å². The van der Waals surface area contributed by atoms with Gasteiger partial charge in [0.25, 0.3) is 4.45 Å². The van der Waals surface area contributed by atoms with E-state index in [1.807, 2.05) is 27.7 Å². The van der Waals surface area contributed by atoms with E-state index in [1.54, 1.807) is 0 Å². The van der Waals surface area contributed by atoms with E-state index in [0.717, 1.165) is 0 Å². The molecule has 4 nitrogen and oxygen atoms in total. The molecule has 0 spiro atoms. The summed E-state index contributed by atoms with van der Waals surface area (Å²) in [6.07, 6.45) is 0.993. The summed E-state index contributed by atoms with van der Waals surface area (Å²) in [6, 6.07) is 0. The van der Waals surface area contributed by atoms with Crippen molar-refractivity contribution in [3.05, 3.63) is 10.1 Å². The zero-order valence-electron chi connectivity index (χ0n) is 9.06. The van der Waals surface area contributed by atoms with E-state index in [1.165, 1.54) is 0 Å². The SMILES string of the molecule is CC1(C)CC(Br)([N+](=O)[O-])CC(C)(C)N1. The Morgan fingerprint density at radius 2 is 1.57 bits per heavy atom. The Morgan fingerprint density at radius 1 is 1.21 bits per heavy atom. The van der Waals surface area contributed by atoms with Crippen LogP contribution in [0.4, 0.5) is 0 Å². The van der Waals surface area contributed by atoms with Gasteiger partial charge in [0, 0.05) is 44.8 Å². The molecule has 0 aromatic carbocycles. The summed E-state index contributed by atoms with van der Waals surface area (Å²) < 4.78 is -0.981. The first kappa shape index (κ1) is 11.9. The summed E-state index contributed by atoms with van der Waals surface area (Å²) in [5.74, 6) is 0. The number of piperidine rings is 1. The smallest absolute Gasteiger partial charge is 0.278 e. The summed E-state index contributed by atoms with van der Waals surface area (Å²) in [6.45, 7) is 7.97. The van der Waals surface area contributed by atoms with Gasteiger partial charge < -0.3 is 5.32 Å². The van der Waals surface area contributed by atoms with Crippen molar-refractivity contribution in [1.82, 2.24) is 5.32 Å². The van der Waals surface area contributed by atoms with Crippen molar-refractivity contribution in [3.8, 4) is 0 Å². The first-order chi connectivity index (χ1) is 6.06. The molecule has 0 aromatic rings. The highest BCUT2D eigenvalue weighted by Crippen LogP contribution is 2.41. The molecule has 82 valence electrons. The van der Waals surface area contributed by atoms with Gasteiger partial charge in [-0.3, -0.25) is 10.1 Å². The van der Waals surface area contributed by atoms with E-state index in [4.69, 9.17) is 0 Å². The third-order valence-electron chi connectivity index (χ3n) is 2.43. The molecule has 5 heteroatoms. The van der Waals surface area contributed by atoms with E-state index < -0.39 is 4.45 Å². The predicted octanol–water partition coefficient (Wildman–Crippen LogP) is 2.29. The first-order valence-electron chi connectivity index (χ1n) is 4.69. The van der Waals surface area contributed by atoms with Crippen LogP contribution in [0.3, 0.4) is 0 Å².